The Morgan fingerprint density at radius 1 is 1.33 bits per heavy atom. The van der Waals surface area contributed by atoms with Gasteiger partial charge in [0.2, 0.25) is 10.0 Å². The summed E-state index contributed by atoms with van der Waals surface area (Å²) in [6.45, 7) is 8.34. The fourth-order valence-electron chi connectivity index (χ4n) is 1.88. The normalized spacial score (nSPS) is 11.4. The molecule has 0 aliphatic heterocycles. The Balaban J connectivity index is 2.87. The smallest absolute Gasteiger partial charge is 0.253 e. The molecule has 0 unspecified atom stereocenters. The molecule has 6 heteroatoms. The van der Waals surface area contributed by atoms with Crippen LogP contribution in [0.25, 0.3) is 0 Å². The van der Waals surface area contributed by atoms with Crippen LogP contribution in [0.5, 0.6) is 0 Å². The van der Waals surface area contributed by atoms with Crippen LogP contribution in [0.1, 0.15) is 24.2 Å². The highest BCUT2D eigenvalue weighted by atomic mass is 32.2. The second-order valence-electron chi connectivity index (χ2n) is 5.24. The van der Waals surface area contributed by atoms with E-state index >= 15 is 0 Å². The topological polar surface area (TPSA) is 66.5 Å². The summed E-state index contributed by atoms with van der Waals surface area (Å²) in [5.41, 5.74) is 0.473. The van der Waals surface area contributed by atoms with Gasteiger partial charge in [-0.3, -0.25) is 4.79 Å². The van der Waals surface area contributed by atoms with Gasteiger partial charge in [0.25, 0.3) is 5.91 Å². The number of carbonyl (C=O) groups excluding carboxylic acids is 1. The predicted molar refractivity (Wildman–Crippen MR) is 83.6 cm³/mol. The lowest BCUT2D eigenvalue weighted by Crippen LogP contribution is -2.30. The van der Waals surface area contributed by atoms with Crippen molar-refractivity contribution in [3.8, 4) is 0 Å². The van der Waals surface area contributed by atoms with E-state index in [1.54, 1.807) is 11.9 Å². The van der Waals surface area contributed by atoms with Crippen molar-refractivity contribution in [2.45, 2.75) is 18.7 Å². The van der Waals surface area contributed by atoms with Gasteiger partial charge in [0, 0.05) is 25.7 Å². The molecule has 5 nitrogen and oxygen atoms in total. The summed E-state index contributed by atoms with van der Waals surface area (Å²) in [7, 11) is -1.82. The first-order chi connectivity index (χ1) is 9.77. The molecule has 1 aromatic rings. The fraction of sp³-hybridized carbons (Fsp3) is 0.400. The van der Waals surface area contributed by atoms with Crippen molar-refractivity contribution in [1.82, 2.24) is 9.62 Å². The van der Waals surface area contributed by atoms with E-state index < -0.39 is 10.0 Å². The van der Waals surface area contributed by atoms with Gasteiger partial charge in [-0.1, -0.05) is 19.9 Å². The number of hydrogen-bond donors (Lipinski definition) is 1. The van der Waals surface area contributed by atoms with Crippen molar-refractivity contribution in [2.24, 2.45) is 5.92 Å². The first kappa shape index (κ1) is 17.4. The Labute approximate surface area is 126 Å². The van der Waals surface area contributed by atoms with E-state index in [0.717, 1.165) is 0 Å². The highest BCUT2D eigenvalue weighted by Crippen LogP contribution is 2.12. The molecule has 0 aliphatic rings. The second kappa shape index (κ2) is 7.38. The summed E-state index contributed by atoms with van der Waals surface area (Å²) in [6, 6.07) is 5.92. The van der Waals surface area contributed by atoms with Gasteiger partial charge in [-0.2, -0.15) is 0 Å². The van der Waals surface area contributed by atoms with E-state index in [-0.39, 0.29) is 17.3 Å². The van der Waals surface area contributed by atoms with Crippen LogP contribution < -0.4 is 4.72 Å². The van der Waals surface area contributed by atoms with Gasteiger partial charge in [0.05, 0.1) is 4.90 Å². The standard InChI is InChI=1S/C15H22N2O3S/c1-5-10-16-21(19,20)14-8-6-13(7-9-14)15(18)17(4)11-12(2)3/h5-9,12,16H,1,10-11H2,2-4H3. The molecule has 1 aromatic carbocycles. The number of nitrogens with zero attached hydrogens (tertiary/aromatic N) is 1. The molecule has 0 bridgehead atoms. The summed E-state index contributed by atoms with van der Waals surface area (Å²) in [4.78, 5) is 13.9. The SMILES string of the molecule is C=CCNS(=O)(=O)c1ccc(C(=O)N(C)CC(C)C)cc1. The number of amides is 1. The summed E-state index contributed by atoms with van der Waals surface area (Å²) in [5.74, 6) is 0.258. The molecule has 0 heterocycles. The van der Waals surface area contributed by atoms with Crippen LogP contribution in [0, 0.1) is 5.92 Å². The summed E-state index contributed by atoms with van der Waals surface area (Å²) < 4.78 is 26.2. The number of carbonyl (C=O) groups is 1. The molecule has 0 spiro atoms. The minimum absolute atomic E-state index is 0.119. The van der Waals surface area contributed by atoms with Crippen LogP contribution in [-0.4, -0.2) is 39.4 Å². The van der Waals surface area contributed by atoms with E-state index in [1.807, 2.05) is 13.8 Å². The Bertz CT molecular complexity index is 592. The first-order valence-corrected chi connectivity index (χ1v) is 8.22. The first-order valence-electron chi connectivity index (χ1n) is 6.74. The van der Waals surface area contributed by atoms with E-state index in [1.165, 1.54) is 30.3 Å². The molecule has 21 heavy (non-hydrogen) atoms. The molecule has 116 valence electrons. The molecular formula is C15H22N2O3S. The van der Waals surface area contributed by atoms with Crippen LogP contribution in [-0.2, 0) is 10.0 Å². The lowest BCUT2D eigenvalue weighted by molar-refractivity contribution is 0.0779. The van der Waals surface area contributed by atoms with Gasteiger partial charge in [0.1, 0.15) is 0 Å². The Morgan fingerprint density at radius 2 is 1.90 bits per heavy atom. The minimum Gasteiger partial charge on any atom is -0.341 e. The number of nitrogens with one attached hydrogen (secondary N) is 1. The van der Waals surface area contributed by atoms with E-state index in [0.29, 0.717) is 18.0 Å². The van der Waals surface area contributed by atoms with E-state index in [9.17, 15) is 13.2 Å². The summed E-state index contributed by atoms with van der Waals surface area (Å²) in [5, 5.41) is 0. The van der Waals surface area contributed by atoms with Crippen molar-refractivity contribution in [3.05, 3.63) is 42.5 Å². The molecule has 0 aliphatic carbocycles. The summed E-state index contributed by atoms with van der Waals surface area (Å²) in [6.07, 6.45) is 1.47. The van der Waals surface area contributed by atoms with Crippen LogP contribution in [0.15, 0.2) is 41.8 Å². The van der Waals surface area contributed by atoms with Gasteiger partial charge in [-0.05, 0) is 30.2 Å². The van der Waals surface area contributed by atoms with Crippen molar-refractivity contribution in [2.75, 3.05) is 20.1 Å². The highest BCUT2D eigenvalue weighted by molar-refractivity contribution is 7.89. The zero-order valence-corrected chi connectivity index (χ0v) is 13.5. The molecule has 0 saturated heterocycles. The second-order valence-corrected chi connectivity index (χ2v) is 7.01. The Morgan fingerprint density at radius 3 is 2.38 bits per heavy atom. The van der Waals surface area contributed by atoms with Gasteiger partial charge in [-0.15, -0.1) is 6.58 Å². The zero-order valence-electron chi connectivity index (χ0n) is 12.7. The average molecular weight is 310 g/mol. The monoisotopic (exact) mass is 310 g/mol. The Kier molecular flexibility index (Phi) is 6.11. The van der Waals surface area contributed by atoms with Crippen LogP contribution >= 0.6 is 0 Å². The molecular weight excluding hydrogens is 288 g/mol. The molecule has 0 fully saturated rings. The molecule has 0 saturated carbocycles. The number of rotatable bonds is 7. The molecule has 0 aromatic heterocycles. The molecule has 1 rings (SSSR count). The maximum Gasteiger partial charge on any atom is 0.253 e. The Hall–Kier alpha value is -1.66. The van der Waals surface area contributed by atoms with Gasteiger partial charge < -0.3 is 4.90 Å². The van der Waals surface area contributed by atoms with E-state index in [4.69, 9.17) is 0 Å². The quantitative estimate of drug-likeness (QED) is 0.782. The predicted octanol–water partition coefficient (Wildman–Crippen LogP) is 1.88. The lowest BCUT2D eigenvalue weighted by atomic mass is 10.1. The molecule has 0 atom stereocenters. The van der Waals surface area contributed by atoms with Crippen LogP contribution in [0.2, 0.25) is 0 Å². The van der Waals surface area contributed by atoms with Gasteiger partial charge >= 0.3 is 0 Å². The van der Waals surface area contributed by atoms with Crippen LogP contribution in [0.3, 0.4) is 0 Å². The van der Waals surface area contributed by atoms with E-state index in [2.05, 4.69) is 11.3 Å². The number of benzene rings is 1. The van der Waals surface area contributed by atoms with Crippen LogP contribution in [0.4, 0.5) is 0 Å². The largest absolute Gasteiger partial charge is 0.341 e. The third-order valence-corrected chi connectivity index (χ3v) is 4.25. The fourth-order valence-corrected chi connectivity index (χ4v) is 2.88. The maximum absolute atomic E-state index is 12.2. The zero-order chi connectivity index (χ0) is 16.0. The third kappa shape index (κ3) is 4.99. The molecule has 1 amide bonds. The summed E-state index contributed by atoms with van der Waals surface area (Å²) >= 11 is 0. The molecule has 1 N–H and O–H groups in total. The third-order valence-electron chi connectivity index (χ3n) is 2.81. The van der Waals surface area contributed by atoms with Gasteiger partial charge in [-0.25, -0.2) is 13.1 Å². The van der Waals surface area contributed by atoms with Gasteiger partial charge in [0.15, 0.2) is 0 Å². The maximum atomic E-state index is 12.2. The van der Waals surface area contributed by atoms with Crippen molar-refractivity contribution in [3.63, 3.8) is 0 Å². The number of sulfonamides is 1. The highest BCUT2D eigenvalue weighted by Gasteiger charge is 2.16. The number of hydrogen-bond acceptors (Lipinski definition) is 3. The van der Waals surface area contributed by atoms with Crippen molar-refractivity contribution < 1.29 is 13.2 Å². The van der Waals surface area contributed by atoms with Crippen molar-refractivity contribution in [1.29, 1.82) is 0 Å². The molecule has 0 radical (unpaired) electrons. The lowest BCUT2D eigenvalue weighted by Gasteiger charge is -2.19. The minimum atomic E-state index is -3.55. The van der Waals surface area contributed by atoms with Crippen molar-refractivity contribution >= 4 is 15.9 Å². The average Bonchev–Trinajstić information content (AvgIpc) is 2.43.